The van der Waals surface area contributed by atoms with Crippen molar-refractivity contribution in [3.05, 3.63) is 29.8 Å². The number of nitrogens with zero attached hydrogens (tertiary/aromatic N) is 3. The lowest BCUT2D eigenvalue weighted by atomic mass is 10.1. The summed E-state index contributed by atoms with van der Waals surface area (Å²) in [5.74, 6) is 0.870. The molecule has 0 N–H and O–H groups in total. The quantitative estimate of drug-likeness (QED) is 0.696. The highest BCUT2D eigenvalue weighted by atomic mass is 32.2. The smallest absolute Gasteiger partial charge is 0.233 e. The van der Waals surface area contributed by atoms with Crippen LogP contribution in [0.4, 0.5) is 5.69 Å². The van der Waals surface area contributed by atoms with E-state index in [9.17, 15) is 4.79 Å². The molecule has 0 radical (unpaired) electrons. The van der Waals surface area contributed by atoms with E-state index in [0.717, 1.165) is 58.9 Å². The van der Waals surface area contributed by atoms with E-state index < -0.39 is 0 Å². The maximum Gasteiger partial charge on any atom is 0.233 e. The van der Waals surface area contributed by atoms with Crippen LogP contribution in [0.2, 0.25) is 0 Å². The maximum atomic E-state index is 12.4. The molecule has 0 spiro atoms. The van der Waals surface area contributed by atoms with Crippen LogP contribution in [0.15, 0.2) is 24.3 Å². The van der Waals surface area contributed by atoms with Gasteiger partial charge in [0.2, 0.25) is 5.91 Å². The number of amides is 1. The maximum absolute atomic E-state index is 12.4. The van der Waals surface area contributed by atoms with Crippen molar-refractivity contribution < 1.29 is 9.53 Å². The first-order chi connectivity index (χ1) is 12.7. The van der Waals surface area contributed by atoms with Gasteiger partial charge in [0.15, 0.2) is 0 Å². The number of rotatable bonds is 8. The lowest BCUT2D eigenvalue weighted by Crippen LogP contribution is -2.38. The minimum absolute atomic E-state index is 0.165. The van der Waals surface area contributed by atoms with Gasteiger partial charge in [-0.05, 0) is 38.0 Å². The molecule has 6 heteroatoms. The van der Waals surface area contributed by atoms with Crippen LogP contribution >= 0.6 is 11.8 Å². The van der Waals surface area contributed by atoms with Gasteiger partial charge in [0.1, 0.15) is 5.37 Å². The molecule has 3 rings (SSSR count). The third-order valence-corrected chi connectivity index (χ3v) is 6.51. The topological polar surface area (TPSA) is 36.0 Å². The first-order valence-corrected chi connectivity index (χ1v) is 10.8. The number of anilines is 1. The number of benzene rings is 1. The summed E-state index contributed by atoms with van der Waals surface area (Å²) < 4.78 is 5.40. The zero-order chi connectivity index (χ0) is 18.4. The van der Waals surface area contributed by atoms with Gasteiger partial charge in [-0.15, -0.1) is 11.8 Å². The van der Waals surface area contributed by atoms with Gasteiger partial charge in [0, 0.05) is 45.0 Å². The number of hydrogen-bond acceptors (Lipinski definition) is 5. The fourth-order valence-electron chi connectivity index (χ4n) is 3.70. The molecule has 2 aliphatic rings. The summed E-state index contributed by atoms with van der Waals surface area (Å²) in [4.78, 5) is 19.2. The first-order valence-electron chi connectivity index (χ1n) is 9.79. The van der Waals surface area contributed by atoms with Crippen molar-refractivity contribution >= 4 is 23.4 Å². The molecule has 1 amide bonds. The third kappa shape index (κ3) is 4.72. The molecule has 1 atom stereocenters. The van der Waals surface area contributed by atoms with Crippen molar-refractivity contribution in [1.29, 1.82) is 0 Å². The largest absolute Gasteiger partial charge is 0.379 e. The van der Waals surface area contributed by atoms with Crippen molar-refractivity contribution in [2.75, 3.05) is 63.1 Å². The summed E-state index contributed by atoms with van der Waals surface area (Å²) in [6.45, 7) is 12.0. The Morgan fingerprint density at radius 3 is 2.46 bits per heavy atom. The Morgan fingerprint density at radius 2 is 1.81 bits per heavy atom. The van der Waals surface area contributed by atoms with Crippen molar-refractivity contribution in [2.24, 2.45) is 0 Å². The molecule has 0 aromatic heterocycles. The summed E-state index contributed by atoms with van der Waals surface area (Å²) in [5, 5.41) is 0.165. The van der Waals surface area contributed by atoms with Crippen LogP contribution in [0.1, 0.15) is 31.2 Å². The van der Waals surface area contributed by atoms with Crippen molar-refractivity contribution in [3.63, 3.8) is 0 Å². The zero-order valence-corrected chi connectivity index (χ0v) is 16.8. The van der Waals surface area contributed by atoms with Crippen LogP contribution in [0.25, 0.3) is 0 Å². The first kappa shape index (κ1) is 19.5. The molecule has 26 heavy (non-hydrogen) atoms. The van der Waals surface area contributed by atoms with E-state index in [-0.39, 0.29) is 11.3 Å². The second-order valence-corrected chi connectivity index (χ2v) is 7.89. The number of thioether (sulfide) groups is 1. The zero-order valence-electron chi connectivity index (χ0n) is 16.0. The van der Waals surface area contributed by atoms with Crippen LogP contribution in [0, 0.1) is 0 Å². The normalized spacial score (nSPS) is 21.4. The Morgan fingerprint density at radius 1 is 1.12 bits per heavy atom. The van der Waals surface area contributed by atoms with Gasteiger partial charge in [0.05, 0.1) is 19.0 Å². The molecule has 0 bridgehead atoms. The highest BCUT2D eigenvalue weighted by Crippen LogP contribution is 2.39. The van der Waals surface area contributed by atoms with Gasteiger partial charge in [-0.25, -0.2) is 0 Å². The number of carbonyl (C=O) groups is 1. The standard InChI is InChI=1S/C20H31N3O2S/c1-3-22(4-2)18-8-6-17(7-9-18)20-23(19(24)16-26-20)11-5-10-21-12-14-25-15-13-21/h6-9,20H,3-5,10-16H2,1-2H3. The Hall–Kier alpha value is -1.24. The molecule has 1 aromatic rings. The Bertz CT molecular complexity index is 571. The van der Waals surface area contributed by atoms with E-state index in [1.165, 1.54) is 11.3 Å². The predicted octanol–water partition coefficient (Wildman–Crippen LogP) is 2.83. The van der Waals surface area contributed by atoms with E-state index in [1.54, 1.807) is 11.8 Å². The van der Waals surface area contributed by atoms with Gasteiger partial charge in [-0.2, -0.15) is 0 Å². The fraction of sp³-hybridized carbons (Fsp3) is 0.650. The van der Waals surface area contributed by atoms with Crippen LogP contribution in [-0.2, 0) is 9.53 Å². The summed E-state index contributed by atoms with van der Waals surface area (Å²) in [6, 6.07) is 8.77. The van der Waals surface area contributed by atoms with E-state index in [0.29, 0.717) is 5.75 Å². The monoisotopic (exact) mass is 377 g/mol. The second-order valence-electron chi connectivity index (χ2n) is 6.82. The number of carbonyl (C=O) groups excluding carboxylic acids is 1. The van der Waals surface area contributed by atoms with E-state index in [4.69, 9.17) is 4.74 Å². The third-order valence-electron chi connectivity index (χ3n) is 5.25. The summed E-state index contributed by atoms with van der Waals surface area (Å²) >= 11 is 1.75. The van der Waals surface area contributed by atoms with E-state index in [2.05, 4.69) is 52.8 Å². The summed E-state index contributed by atoms with van der Waals surface area (Å²) in [5.41, 5.74) is 2.50. The van der Waals surface area contributed by atoms with Gasteiger partial charge in [0.25, 0.3) is 0 Å². The summed E-state index contributed by atoms with van der Waals surface area (Å²) in [7, 11) is 0. The van der Waals surface area contributed by atoms with Gasteiger partial charge in [-0.3, -0.25) is 9.69 Å². The lowest BCUT2D eigenvalue weighted by Gasteiger charge is -2.29. The van der Waals surface area contributed by atoms with Crippen LogP contribution in [0.3, 0.4) is 0 Å². The van der Waals surface area contributed by atoms with Gasteiger partial charge >= 0.3 is 0 Å². The molecule has 2 saturated heterocycles. The molecule has 2 aliphatic heterocycles. The molecule has 2 fully saturated rings. The van der Waals surface area contributed by atoms with Gasteiger partial charge in [-0.1, -0.05) is 12.1 Å². The number of hydrogen-bond donors (Lipinski definition) is 0. The van der Waals surface area contributed by atoms with E-state index >= 15 is 0 Å². The van der Waals surface area contributed by atoms with Crippen molar-refractivity contribution in [1.82, 2.24) is 9.80 Å². The molecule has 5 nitrogen and oxygen atoms in total. The Balaban J connectivity index is 1.58. The highest BCUT2D eigenvalue weighted by molar-refractivity contribution is 8.00. The highest BCUT2D eigenvalue weighted by Gasteiger charge is 2.32. The molecule has 1 unspecified atom stereocenters. The van der Waals surface area contributed by atoms with Crippen LogP contribution in [-0.4, -0.2) is 73.9 Å². The Labute approximate surface area is 161 Å². The summed E-state index contributed by atoms with van der Waals surface area (Å²) in [6.07, 6.45) is 1.03. The van der Waals surface area contributed by atoms with Crippen molar-refractivity contribution in [2.45, 2.75) is 25.6 Å². The molecule has 0 saturated carbocycles. The molecule has 144 valence electrons. The average Bonchev–Trinajstić information content (AvgIpc) is 3.05. The number of ether oxygens (including phenoxy) is 1. The minimum Gasteiger partial charge on any atom is -0.379 e. The van der Waals surface area contributed by atoms with E-state index in [1.807, 2.05) is 0 Å². The molecule has 0 aliphatic carbocycles. The predicted molar refractivity (Wildman–Crippen MR) is 109 cm³/mol. The lowest BCUT2D eigenvalue weighted by molar-refractivity contribution is -0.128. The molecule has 2 heterocycles. The van der Waals surface area contributed by atoms with Crippen molar-refractivity contribution in [3.8, 4) is 0 Å². The SMILES string of the molecule is CCN(CC)c1ccc(C2SCC(=O)N2CCCN2CCOCC2)cc1. The molecule has 1 aromatic carbocycles. The average molecular weight is 378 g/mol. The molecular weight excluding hydrogens is 346 g/mol. The number of morpholine rings is 1. The molecular formula is C20H31N3O2S. The Kier molecular flexibility index (Phi) is 7.23. The van der Waals surface area contributed by atoms with Crippen LogP contribution < -0.4 is 4.90 Å². The van der Waals surface area contributed by atoms with Gasteiger partial charge < -0.3 is 14.5 Å². The second kappa shape index (κ2) is 9.62. The fourth-order valence-corrected chi connectivity index (χ4v) is 4.92. The van der Waals surface area contributed by atoms with Crippen LogP contribution in [0.5, 0.6) is 0 Å². The minimum atomic E-state index is 0.165.